The molecule has 0 saturated carbocycles. The zero-order chi connectivity index (χ0) is 14.5. The van der Waals surface area contributed by atoms with Gasteiger partial charge in [-0.15, -0.1) is 0 Å². The molecule has 1 aromatic carbocycles. The van der Waals surface area contributed by atoms with Gasteiger partial charge in [0.1, 0.15) is 0 Å². The molecule has 1 atom stereocenters. The van der Waals surface area contributed by atoms with E-state index in [1.807, 2.05) is 0 Å². The van der Waals surface area contributed by atoms with Gasteiger partial charge in [-0.2, -0.15) is 0 Å². The van der Waals surface area contributed by atoms with Crippen LogP contribution in [0.25, 0.3) is 0 Å². The largest absolute Gasteiger partial charge is 0.465 e. The van der Waals surface area contributed by atoms with Gasteiger partial charge in [-0.25, -0.2) is 4.79 Å². The number of carbonyl (C=O) groups excluding carboxylic acids is 3. The summed E-state index contributed by atoms with van der Waals surface area (Å²) in [4.78, 5) is 33.9. The number of amides is 2. The minimum absolute atomic E-state index is 0.226. The van der Waals surface area contributed by atoms with Crippen LogP contribution in [0.5, 0.6) is 0 Å². The van der Waals surface area contributed by atoms with E-state index in [1.165, 1.54) is 7.11 Å². The maximum absolute atomic E-state index is 11.6. The Morgan fingerprint density at radius 2 is 2.05 bits per heavy atom. The van der Waals surface area contributed by atoms with Crippen LogP contribution in [-0.2, 0) is 20.9 Å². The van der Waals surface area contributed by atoms with Gasteiger partial charge < -0.3 is 10.1 Å². The summed E-state index contributed by atoms with van der Waals surface area (Å²) in [5, 5.41) is 5.39. The van der Waals surface area contributed by atoms with Crippen molar-refractivity contribution in [3.05, 3.63) is 35.4 Å². The molecule has 1 aliphatic rings. The summed E-state index contributed by atoms with van der Waals surface area (Å²) in [7, 11) is 1.33. The van der Waals surface area contributed by atoms with E-state index in [4.69, 9.17) is 0 Å². The number of nitrogens with one attached hydrogen (secondary N) is 2. The van der Waals surface area contributed by atoms with Gasteiger partial charge in [0.15, 0.2) is 0 Å². The van der Waals surface area contributed by atoms with Gasteiger partial charge in [-0.05, 0) is 24.1 Å². The van der Waals surface area contributed by atoms with Crippen LogP contribution >= 0.6 is 0 Å². The Morgan fingerprint density at radius 3 is 2.65 bits per heavy atom. The van der Waals surface area contributed by atoms with Crippen molar-refractivity contribution in [1.82, 2.24) is 10.6 Å². The van der Waals surface area contributed by atoms with Crippen LogP contribution in [0, 0.1) is 0 Å². The Labute approximate surface area is 116 Å². The third-order valence-corrected chi connectivity index (χ3v) is 3.17. The van der Waals surface area contributed by atoms with Crippen LogP contribution in [0.3, 0.4) is 0 Å². The van der Waals surface area contributed by atoms with E-state index in [2.05, 4.69) is 15.4 Å². The summed E-state index contributed by atoms with van der Waals surface area (Å²) in [5.74, 6) is -0.891. The lowest BCUT2D eigenvalue weighted by Gasteiger charge is -2.21. The maximum Gasteiger partial charge on any atom is 0.337 e. The van der Waals surface area contributed by atoms with Crippen molar-refractivity contribution >= 4 is 17.8 Å². The third kappa shape index (κ3) is 3.42. The number of rotatable bonds is 4. The Kier molecular flexibility index (Phi) is 4.47. The Morgan fingerprint density at radius 1 is 1.35 bits per heavy atom. The first-order chi connectivity index (χ1) is 9.60. The molecule has 6 heteroatoms. The molecule has 0 aromatic heterocycles. The Bertz CT molecular complexity index is 524. The van der Waals surface area contributed by atoms with Gasteiger partial charge >= 0.3 is 5.97 Å². The van der Waals surface area contributed by atoms with Crippen LogP contribution in [-0.4, -0.2) is 30.9 Å². The molecule has 1 aliphatic heterocycles. The van der Waals surface area contributed by atoms with Crippen molar-refractivity contribution in [3.63, 3.8) is 0 Å². The van der Waals surface area contributed by atoms with E-state index in [9.17, 15) is 14.4 Å². The predicted molar refractivity (Wildman–Crippen MR) is 70.8 cm³/mol. The van der Waals surface area contributed by atoms with Crippen molar-refractivity contribution in [2.24, 2.45) is 0 Å². The lowest BCUT2D eigenvalue weighted by atomic mass is 10.1. The molecule has 1 unspecified atom stereocenters. The fourth-order valence-electron chi connectivity index (χ4n) is 2.01. The minimum atomic E-state index is -0.380. The molecule has 6 nitrogen and oxygen atoms in total. The highest BCUT2D eigenvalue weighted by Gasteiger charge is 2.25. The van der Waals surface area contributed by atoms with Crippen molar-refractivity contribution in [2.75, 3.05) is 7.11 Å². The molecule has 2 rings (SSSR count). The topological polar surface area (TPSA) is 84.5 Å². The summed E-state index contributed by atoms with van der Waals surface area (Å²) in [5.41, 5.74) is 1.43. The predicted octanol–water partition coefficient (Wildman–Crippen LogP) is 0.368. The van der Waals surface area contributed by atoms with Crippen LogP contribution < -0.4 is 10.6 Å². The molecule has 0 radical (unpaired) electrons. The number of carbonyl (C=O) groups is 3. The summed E-state index contributed by atoms with van der Waals surface area (Å²) in [6.45, 7) is 0.494. The minimum Gasteiger partial charge on any atom is -0.465 e. The van der Waals surface area contributed by atoms with Crippen LogP contribution in [0.1, 0.15) is 28.8 Å². The van der Waals surface area contributed by atoms with E-state index < -0.39 is 0 Å². The fourth-order valence-corrected chi connectivity index (χ4v) is 2.01. The van der Waals surface area contributed by atoms with Crippen LogP contribution in [0.15, 0.2) is 24.3 Å². The molecule has 0 bridgehead atoms. The number of piperidine rings is 1. The lowest BCUT2D eigenvalue weighted by molar-refractivity contribution is -0.134. The highest BCUT2D eigenvalue weighted by Crippen LogP contribution is 2.08. The summed E-state index contributed by atoms with van der Waals surface area (Å²) in [6, 6.07) is 6.59. The molecular weight excluding hydrogens is 260 g/mol. The molecule has 106 valence electrons. The molecule has 1 aromatic rings. The van der Waals surface area contributed by atoms with Crippen molar-refractivity contribution in [3.8, 4) is 0 Å². The van der Waals surface area contributed by atoms with Crippen LogP contribution in [0.4, 0.5) is 0 Å². The first-order valence-electron chi connectivity index (χ1n) is 6.34. The smallest absolute Gasteiger partial charge is 0.337 e. The average Bonchev–Trinajstić information content (AvgIpc) is 2.46. The molecule has 0 aliphatic carbocycles. The normalized spacial score (nSPS) is 18.6. The van der Waals surface area contributed by atoms with Crippen molar-refractivity contribution < 1.29 is 19.1 Å². The SMILES string of the molecule is COC(=O)c1ccc(CNC2CCC(=O)NC2=O)cc1. The second-order valence-electron chi connectivity index (χ2n) is 4.57. The van der Waals surface area contributed by atoms with E-state index in [1.54, 1.807) is 24.3 Å². The zero-order valence-corrected chi connectivity index (χ0v) is 11.1. The molecule has 1 heterocycles. The third-order valence-electron chi connectivity index (χ3n) is 3.17. The first kappa shape index (κ1) is 14.2. The highest BCUT2D eigenvalue weighted by molar-refractivity contribution is 6.00. The summed E-state index contributed by atoms with van der Waals surface area (Å²) in [6.07, 6.45) is 0.857. The standard InChI is InChI=1S/C14H16N2O4/c1-20-14(19)10-4-2-9(3-5-10)8-15-11-6-7-12(17)16-13(11)18/h2-5,11,15H,6-8H2,1H3,(H,16,17,18). The van der Waals surface area contributed by atoms with Crippen molar-refractivity contribution in [2.45, 2.75) is 25.4 Å². The van der Waals surface area contributed by atoms with Crippen molar-refractivity contribution in [1.29, 1.82) is 0 Å². The number of hydrogen-bond acceptors (Lipinski definition) is 5. The number of benzene rings is 1. The second kappa shape index (κ2) is 6.29. The monoisotopic (exact) mass is 276 g/mol. The van der Waals surface area contributed by atoms with E-state index in [0.717, 1.165) is 5.56 Å². The average molecular weight is 276 g/mol. The molecule has 1 fully saturated rings. The van der Waals surface area contributed by atoms with Gasteiger partial charge in [0.05, 0.1) is 18.7 Å². The van der Waals surface area contributed by atoms with Gasteiger partial charge in [0.25, 0.3) is 0 Å². The Hall–Kier alpha value is -2.21. The number of esters is 1. The highest BCUT2D eigenvalue weighted by atomic mass is 16.5. The number of hydrogen-bond donors (Lipinski definition) is 2. The molecular formula is C14H16N2O4. The van der Waals surface area contributed by atoms with Crippen LogP contribution in [0.2, 0.25) is 0 Å². The molecule has 2 N–H and O–H groups in total. The number of ether oxygens (including phenoxy) is 1. The molecule has 2 amide bonds. The second-order valence-corrected chi connectivity index (χ2v) is 4.57. The van der Waals surface area contributed by atoms with E-state index >= 15 is 0 Å². The Balaban J connectivity index is 1.89. The lowest BCUT2D eigenvalue weighted by Crippen LogP contribution is -2.50. The quantitative estimate of drug-likeness (QED) is 0.613. The van der Waals surface area contributed by atoms with Gasteiger partial charge in [-0.3, -0.25) is 14.9 Å². The summed E-state index contributed by atoms with van der Waals surface area (Å²) >= 11 is 0. The molecule has 20 heavy (non-hydrogen) atoms. The number of methoxy groups -OCH3 is 1. The number of imide groups is 1. The fraction of sp³-hybridized carbons (Fsp3) is 0.357. The molecule has 0 spiro atoms. The summed E-state index contributed by atoms with van der Waals surface area (Å²) < 4.78 is 4.62. The molecule has 1 saturated heterocycles. The first-order valence-corrected chi connectivity index (χ1v) is 6.34. The van der Waals surface area contributed by atoms with E-state index in [0.29, 0.717) is 24.9 Å². The van der Waals surface area contributed by atoms with Gasteiger partial charge in [-0.1, -0.05) is 12.1 Å². The van der Waals surface area contributed by atoms with Gasteiger partial charge in [0.2, 0.25) is 11.8 Å². The maximum atomic E-state index is 11.6. The van der Waals surface area contributed by atoms with Gasteiger partial charge in [0, 0.05) is 13.0 Å². The zero-order valence-electron chi connectivity index (χ0n) is 11.1. The van der Waals surface area contributed by atoms with E-state index in [-0.39, 0.29) is 23.8 Å².